The normalized spacial score (nSPS) is 11.4. The molecule has 20 heavy (non-hydrogen) atoms. The van der Waals surface area contributed by atoms with Crippen LogP contribution in [0.1, 0.15) is 0 Å². The van der Waals surface area contributed by atoms with Crippen molar-refractivity contribution in [1.82, 2.24) is 13.7 Å². The van der Waals surface area contributed by atoms with Crippen LogP contribution in [0.15, 0.2) is 16.6 Å². The van der Waals surface area contributed by atoms with Gasteiger partial charge in [-0.15, -0.1) is 11.3 Å². The van der Waals surface area contributed by atoms with Gasteiger partial charge in [-0.25, -0.2) is 13.4 Å². The summed E-state index contributed by atoms with van der Waals surface area (Å²) in [7, 11) is -2.43. The number of sulfonamides is 1. The fourth-order valence-corrected chi connectivity index (χ4v) is 3.94. The first-order valence-corrected chi connectivity index (χ1v) is 7.75. The maximum absolute atomic E-state index is 12.6. The van der Waals surface area contributed by atoms with Crippen LogP contribution in [-0.4, -0.2) is 42.2 Å². The number of hydrogen-bond donors (Lipinski definition) is 1. The zero-order valence-electron chi connectivity index (χ0n) is 10.4. The third kappa shape index (κ3) is 2.20. The first kappa shape index (κ1) is 14.3. The van der Waals surface area contributed by atoms with Crippen molar-refractivity contribution < 1.29 is 8.42 Å². The van der Waals surface area contributed by atoms with Crippen molar-refractivity contribution in [2.75, 3.05) is 25.5 Å². The summed E-state index contributed by atoms with van der Waals surface area (Å²) in [6.07, 6.45) is 1.58. The van der Waals surface area contributed by atoms with Crippen LogP contribution in [0, 0.1) is 22.7 Å². The number of nitriles is 2. The minimum absolute atomic E-state index is 0.0678. The molecule has 1 N–H and O–H groups in total. The van der Waals surface area contributed by atoms with Crippen molar-refractivity contribution in [2.24, 2.45) is 0 Å². The Morgan fingerprint density at radius 2 is 2.10 bits per heavy atom. The molecule has 10 heteroatoms. The van der Waals surface area contributed by atoms with Gasteiger partial charge in [-0.3, -0.25) is 4.40 Å². The average molecular weight is 310 g/mol. The number of anilines is 1. The van der Waals surface area contributed by atoms with Gasteiger partial charge in [-0.1, -0.05) is 0 Å². The van der Waals surface area contributed by atoms with Crippen LogP contribution in [0.5, 0.6) is 0 Å². The molecule has 2 heterocycles. The molecular formula is C10H10N6O2S2. The molecule has 2 aromatic rings. The van der Waals surface area contributed by atoms with E-state index in [0.29, 0.717) is 4.96 Å². The van der Waals surface area contributed by atoms with E-state index in [0.717, 1.165) is 4.31 Å². The lowest BCUT2D eigenvalue weighted by Gasteiger charge is -2.15. The summed E-state index contributed by atoms with van der Waals surface area (Å²) in [6, 6.07) is 3.50. The van der Waals surface area contributed by atoms with Crippen molar-refractivity contribution >= 4 is 32.1 Å². The first-order chi connectivity index (χ1) is 9.56. The van der Waals surface area contributed by atoms with Crippen LogP contribution in [-0.2, 0) is 10.0 Å². The monoisotopic (exact) mass is 310 g/mol. The van der Waals surface area contributed by atoms with Crippen molar-refractivity contribution in [3.63, 3.8) is 0 Å². The van der Waals surface area contributed by atoms with Gasteiger partial charge in [-0.05, 0) is 0 Å². The fourth-order valence-electron chi connectivity index (χ4n) is 1.68. The second-order valence-corrected chi connectivity index (χ2v) is 6.39. The van der Waals surface area contributed by atoms with Crippen LogP contribution >= 0.6 is 11.3 Å². The van der Waals surface area contributed by atoms with Gasteiger partial charge < -0.3 is 5.32 Å². The lowest BCUT2D eigenvalue weighted by atomic mass is 10.6. The molecule has 0 fully saturated rings. The van der Waals surface area contributed by atoms with Crippen molar-refractivity contribution in [3.05, 3.63) is 11.6 Å². The van der Waals surface area contributed by atoms with Crippen molar-refractivity contribution in [1.29, 1.82) is 10.5 Å². The minimum atomic E-state index is -3.99. The number of nitrogens with one attached hydrogen (secondary N) is 1. The van der Waals surface area contributed by atoms with Crippen LogP contribution in [0.4, 0.5) is 5.82 Å². The van der Waals surface area contributed by atoms with Crippen LogP contribution in [0.25, 0.3) is 4.96 Å². The Balaban J connectivity index is 2.64. The second-order valence-electron chi connectivity index (χ2n) is 3.66. The summed E-state index contributed by atoms with van der Waals surface area (Å²) in [5.41, 5.74) is 0. The van der Waals surface area contributed by atoms with Gasteiger partial charge in [0, 0.05) is 18.6 Å². The standard InChI is InChI=1S/C10H10N6O2S2/c1-13-8-9(16-6-7-19-10(16)14-8)20(17,18)15(4-2-11)5-3-12/h6-7,13H,4-5H2,1H3. The van der Waals surface area contributed by atoms with Crippen LogP contribution in [0.2, 0.25) is 0 Å². The zero-order valence-corrected chi connectivity index (χ0v) is 12.1. The molecule has 0 aliphatic rings. The molecule has 0 saturated carbocycles. The molecule has 0 saturated heterocycles. The maximum Gasteiger partial charge on any atom is 0.264 e. The highest BCUT2D eigenvalue weighted by Crippen LogP contribution is 2.27. The Morgan fingerprint density at radius 3 is 2.65 bits per heavy atom. The number of thiazole rings is 1. The summed E-state index contributed by atoms with van der Waals surface area (Å²) >= 11 is 1.29. The van der Waals surface area contributed by atoms with Gasteiger partial charge in [0.1, 0.15) is 13.1 Å². The van der Waals surface area contributed by atoms with E-state index in [1.54, 1.807) is 30.8 Å². The van der Waals surface area contributed by atoms with E-state index in [1.165, 1.54) is 15.7 Å². The summed E-state index contributed by atoms with van der Waals surface area (Å²) in [5, 5.41) is 21.8. The molecule has 0 unspecified atom stereocenters. The minimum Gasteiger partial charge on any atom is -0.371 e. The van der Waals surface area contributed by atoms with Gasteiger partial charge in [0.15, 0.2) is 15.8 Å². The summed E-state index contributed by atoms with van der Waals surface area (Å²) in [4.78, 5) is 4.67. The zero-order chi connectivity index (χ0) is 14.8. The molecule has 0 radical (unpaired) electrons. The van der Waals surface area contributed by atoms with Gasteiger partial charge >= 0.3 is 0 Å². The predicted molar refractivity (Wildman–Crippen MR) is 72.6 cm³/mol. The highest BCUT2D eigenvalue weighted by molar-refractivity contribution is 7.89. The van der Waals surface area contributed by atoms with E-state index in [9.17, 15) is 8.42 Å². The maximum atomic E-state index is 12.6. The quantitative estimate of drug-likeness (QED) is 0.803. The molecule has 0 amide bonds. The fraction of sp³-hybridized carbons (Fsp3) is 0.300. The summed E-state index contributed by atoms with van der Waals surface area (Å²) in [6.45, 7) is -0.785. The van der Waals surface area contributed by atoms with E-state index in [-0.39, 0.29) is 10.8 Å². The number of hydrogen-bond acceptors (Lipinski definition) is 7. The Hall–Kier alpha value is -2.14. The van der Waals surface area contributed by atoms with E-state index >= 15 is 0 Å². The predicted octanol–water partition coefficient (Wildman–Crippen LogP) is 0.475. The third-order valence-electron chi connectivity index (χ3n) is 2.53. The second kappa shape index (κ2) is 5.46. The molecule has 0 aliphatic carbocycles. The molecule has 0 bridgehead atoms. The highest BCUT2D eigenvalue weighted by atomic mass is 32.2. The number of fused-ring (bicyclic) bond motifs is 1. The lowest BCUT2D eigenvalue weighted by molar-refractivity contribution is 0.476. The van der Waals surface area contributed by atoms with E-state index in [2.05, 4.69) is 10.3 Å². The molecule has 0 atom stereocenters. The molecule has 104 valence electrons. The van der Waals surface area contributed by atoms with Crippen molar-refractivity contribution in [3.8, 4) is 12.1 Å². The van der Waals surface area contributed by atoms with E-state index in [1.807, 2.05) is 0 Å². The van der Waals surface area contributed by atoms with Gasteiger partial charge in [0.2, 0.25) is 0 Å². The highest BCUT2D eigenvalue weighted by Gasteiger charge is 2.31. The molecule has 0 spiro atoms. The van der Waals surface area contributed by atoms with Gasteiger partial charge in [0.05, 0.1) is 12.1 Å². The molecule has 0 aromatic carbocycles. The number of nitrogens with zero attached hydrogens (tertiary/aromatic N) is 5. The van der Waals surface area contributed by atoms with Gasteiger partial charge in [0.25, 0.3) is 10.0 Å². The van der Waals surface area contributed by atoms with Gasteiger partial charge in [-0.2, -0.15) is 14.8 Å². The molecule has 8 nitrogen and oxygen atoms in total. The van der Waals surface area contributed by atoms with E-state index in [4.69, 9.17) is 10.5 Å². The number of imidazole rings is 1. The SMILES string of the molecule is CNc1nc2sccn2c1S(=O)(=O)N(CC#N)CC#N. The molecule has 0 aliphatic heterocycles. The third-order valence-corrected chi connectivity index (χ3v) is 5.11. The molecule has 2 rings (SSSR count). The molecular weight excluding hydrogens is 300 g/mol. The summed E-state index contributed by atoms with van der Waals surface area (Å²) in [5.74, 6) is 0.192. The Labute approximate surface area is 119 Å². The van der Waals surface area contributed by atoms with Crippen LogP contribution in [0.3, 0.4) is 0 Å². The molecule has 2 aromatic heterocycles. The van der Waals surface area contributed by atoms with Crippen LogP contribution < -0.4 is 5.32 Å². The number of aromatic nitrogens is 2. The largest absolute Gasteiger partial charge is 0.371 e. The first-order valence-electron chi connectivity index (χ1n) is 5.43. The smallest absolute Gasteiger partial charge is 0.264 e. The average Bonchev–Trinajstić information content (AvgIpc) is 2.97. The number of rotatable bonds is 5. The summed E-state index contributed by atoms with van der Waals surface area (Å²) < 4.78 is 27.4. The Morgan fingerprint density at radius 1 is 1.45 bits per heavy atom. The topological polar surface area (TPSA) is 114 Å². The Kier molecular flexibility index (Phi) is 3.90. The van der Waals surface area contributed by atoms with E-state index < -0.39 is 23.1 Å². The van der Waals surface area contributed by atoms with Crippen molar-refractivity contribution in [2.45, 2.75) is 5.03 Å². The Bertz CT molecular complexity index is 791. The lowest BCUT2D eigenvalue weighted by Crippen LogP contribution is -2.33.